The minimum atomic E-state index is -2.36. The SMILES string of the molecule is CCCCCCCCCCCC[Si](c1cccc(Cl)c1)(c1cccc(Cl)c1)c1cccc(Cl)c1. The Kier molecular flexibility index (Phi) is 11.5. The van der Waals surface area contributed by atoms with Crippen LogP contribution in [-0.2, 0) is 0 Å². The van der Waals surface area contributed by atoms with E-state index in [1.165, 1.54) is 79.8 Å². The van der Waals surface area contributed by atoms with E-state index in [2.05, 4.69) is 61.5 Å². The Morgan fingerprint density at radius 1 is 0.500 bits per heavy atom. The molecule has 34 heavy (non-hydrogen) atoms. The van der Waals surface area contributed by atoms with Crippen LogP contribution >= 0.6 is 34.8 Å². The predicted octanol–water partition coefficient (Wildman–Crippen LogP) is 9.04. The van der Waals surface area contributed by atoms with Gasteiger partial charge >= 0.3 is 0 Å². The van der Waals surface area contributed by atoms with Gasteiger partial charge < -0.3 is 0 Å². The maximum atomic E-state index is 6.52. The Balaban J connectivity index is 1.83. The number of rotatable bonds is 14. The zero-order valence-corrected chi connectivity index (χ0v) is 23.6. The van der Waals surface area contributed by atoms with Gasteiger partial charge in [-0.2, -0.15) is 0 Å². The van der Waals surface area contributed by atoms with Crippen molar-refractivity contribution in [1.29, 1.82) is 0 Å². The molecule has 3 aromatic carbocycles. The van der Waals surface area contributed by atoms with Gasteiger partial charge in [-0.1, -0.05) is 142 Å². The summed E-state index contributed by atoms with van der Waals surface area (Å²) in [5.74, 6) is 0. The van der Waals surface area contributed by atoms with Crippen molar-refractivity contribution >= 4 is 58.4 Å². The quantitative estimate of drug-likeness (QED) is 0.111. The molecule has 0 nitrogen and oxygen atoms in total. The molecule has 3 rings (SSSR count). The van der Waals surface area contributed by atoms with E-state index < -0.39 is 8.07 Å². The first-order chi connectivity index (χ1) is 16.6. The molecule has 0 unspecified atom stereocenters. The van der Waals surface area contributed by atoms with Gasteiger partial charge in [0, 0.05) is 15.1 Å². The molecular formula is C30H37Cl3Si. The highest BCUT2D eigenvalue weighted by atomic mass is 35.5. The summed E-state index contributed by atoms with van der Waals surface area (Å²) in [5, 5.41) is 6.30. The highest BCUT2D eigenvalue weighted by Crippen LogP contribution is 2.22. The maximum absolute atomic E-state index is 6.52. The van der Waals surface area contributed by atoms with Crippen LogP contribution in [0.3, 0.4) is 0 Å². The van der Waals surface area contributed by atoms with Crippen LogP contribution in [0.4, 0.5) is 0 Å². The monoisotopic (exact) mass is 530 g/mol. The van der Waals surface area contributed by atoms with Crippen molar-refractivity contribution < 1.29 is 0 Å². The van der Waals surface area contributed by atoms with Crippen molar-refractivity contribution in [2.75, 3.05) is 0 Å². The van der Waals surface area contributed by atoms with E-state index in [9.17, 15) is 0 Å². The van der Waals surface area contributed by atoms with Crippen LogP contribution in [0.2, 0.25) is 21.1 Å². The summed E-state index contributed by atoms with van der Waals surface area (Å²) in [5.41, 5.74) is 0. The van der Waals surface area contributed by atoms with E-state index >= 15 is 0 Å². The van der Waals surface area contributed by atoms with Crippen molar-refractivity contribution in [3.63, 3.8) is 0 Å². The molecule has 0 spiro atoms. The number of halogens is 3. The summed E-state index contributed by atoms with van der Waals surface area (Å²) in [6.07, 6.45) is 13.3. The van der Waals surface area contributed by atoms with E-state index in [-0.39, 0.29) is 0 Å². The van der Waals surface area contributed by atoms with Crippen LogP contribution in [0.5, 0.6) is 0 Å². The summed E-state index contributed by atoms with van der Waals surface area (Å²) >= 11 is 19.6. The first kappa shape index (κ1) is 27.3. The zero-order valence-electron chi connectivity index (χ0n) is 20.3. The Morgan fingerprint density at radius 3 is 1.21 bits per heavy atom. The Labute approximate surface area is 222 Å². The molecule has 0 aliphatic rings. The molecule has 0 saturated heterocycles. The number of hydrogen-bond donors (Lipinski definition) is 0. The third kappa shape index (κ3) is 7.62. The van der Waals surface area contributed by atoms with E-state index in [1.807, 2.05) is 18.2 Å². The van der Waals surface area contributed by atoms with Crippen LogP contribution in [0.1, 0.15) is 71.1 Å². The summed E-state index contributed by atoms with van der Waals surface area (Å²) in [6.45, 7) is 2.28. The third-order valence-corrected chi connectivity index (χ3v) is 12.6. The van der Waals surface area contributed by atoms with Crippen molar-refractivity contribution in [2.45, 2.75) is 77.2 Å². The molecule has 0 N–H and O–H groups in total. The Hall–Kier alpha value is -1.25. The molecule has 0 heterocycles. The molecule has 0 radical (unpaired) electrons. The van der Waals surface area contributed by atoms with Gasteiger partial charge in [0.2, 0.25) is 0 Å². The van der Waals surface area contributed by atoms with Crippen molar-refractivity contribution in [2.24, 2.45) is 0 Å². The fraction of sp³-hybridized carbons (Fsp3) is 0.400. The van der Waals surface area contributed by atoms with Gasteiger partial charge in [0.25, 0.3) is 0 Å². The number of hydrogen-bond acceptors (Lipinski definition) is 0. The average Bonchev–Trinajstić information content (AvgIpc) is 2.83. The van der Waals surface area contributed by atoms with Gasteiger partial charge in [-0.05, 0) is 58.0 Å². The van der Waals surface area contributed by atoms with Crippen LogP contribution in [0.15, 0.2) is 72.8 Å². The molecule has 0 aliphatic heterocycles. The van der Waals surface area contributed by atoms with Crippen LogP contribution in [0.25, 0.3) is 0 Å². The van der Waals surface area contributed by atoms with Gasteiger partial charge in [-0.15, -0.1) is 0 Å². The second kappa shape index (κ2) is 14.3. The fourth-order valence-corrected chi connectivity index (χ4v) is 10.9. The van der Waals surface area contributed by atoms with Gasteiger partial charge in [-0.25, -0.2) is 0 Å². The minimum Gasteiger partial charge on any atom is -0.0843 e. The highest BCUT2D eigenvalue weighted by Gasteiger charge is 2.39. The molecule has 0 aromatic heterocycles. The zero-order chi connectivity index (χ0) is 24.2. The van der Waals surface area contributed by atoms with E-state index in [0.29, 0.717) is 0 Å². The van der Waals surface area contributed by atoms with E-state index in [1.54, 1.807) is 0 Å². The maximum Gasteiger partial charge on any atom is 0.148 e. The summed E-state index contributed by atoms with van der Waals surface area (Å²) in [4.78, 5) is 0. The second-order valence-corrected chi connectivity index (χ2v) is 14.7. The normalized spacial score (nSPS) is 11.6. The third-order valence-electron chi connectivity index (χ3n) is 6.86. The van der Waals surface area contributed by atoms with Crippen molar-refractivity contribution in [3.8, 4) is 0 Å². The fourth-order valence-electron chi connectivity index (χ4n) is 5.07. The Morgan fingerprint density at radius 2 is 0.853 bits per heavy atom. The topological polar surface area (TPSA) is 0 Å². The molecule has 0 bridgehead atoms. The molecule has 0 amide bonds. The lowest BCUT2D eigenvalue weighted by atomic mass is 10.1. The molecule has 0 aliphatic carbocycles. The summed E-state index contributed by atoms with van der Waals surface area (Å²) < 4.78 is 0. The lowest BCUT2D eigenvalue weighted by Gasteiger charge is -2.34. The molecule has 0 atom stereocenters. The van der Waals surface area contributed by atoms with Gasteiger partial charge in [0.15, 0.2) is 0 Å². The predicted molar refractivity (Wildman–Crippen MR) is 156 cm³/mol. The van der Waals surface area contributed by atoms with Crippen LogP contribution < -0.4 is 15.6 Å². The highest BCUT2D eigenvalue weighted by molar-refractivity contribution is 7.11. The smallest absolute Gasteiger partial charge is 0.0843 e. The molecule has 0 fully saturated rings. The van der Waals surface area contributed by atoms with E-state index in [0.717, 1.165) is 21.1 Å². The van der Waals surface area contributed by atoms with Crippen molar-refractivity contribution in [3.05, 3.63) is 87.9 Å². The van der Waals surface area contributed by atoms with Crippen LogP contribution in [-0.4, -0.2) is 8.07 Å². The average molecular weight is 532 g/mol. The summed E-state index contributed by atoms with van der Waals surface area (Å²) in [6, 6.07) is 26.4. The standard InChI is InChI=1S/C30H37Cl3Si/c1-2-3-4-5-6-7-8-9-10-11-21-34(28-18-12-15-25(31)22-28,29-19-13-16-26(32)23-29)30-20-14-17-27(33)24-30/h12-20,22-24H,2-11,21H2,1H3. The molecule has 4 heteroatoms. The molecular weight excluding hydrogens is 495 g/mol. The lowest BCUT2D eigenvalue weighted by Crippen LogP contribution is -2.67. The second-order valence-electron chi connectivity index (χ2n) is 9.37. The molecule has 0 saturated carbocycles. The minimum absolute atomic E-state index is 0.779. The number of unbranched alkanes of at least 4 members (excludes halogenated alkanes) is 9. The van der Waals surface area contributed by atoms with Crippen LogP contribution in [0, 0.1) is 0 Å². The largest absolute Gasteiger partial charge is 0.148 e. The molecule has 3 aromatic rings. The Bertz CT molecular complexity index is 906. The summed E-state index contributed by atoms with van der Waals surface area (Å²) in [7, 11) is -2.36. The first-order valence-corrected chi connectivity index (χ1v) is 16.2. The lowest BCUT2D eigenvalue weighted by molar-refractivity contribution is 0.562. The first-order valence-electron chi connectivity index (χ1n) is 12.8. The number of benzene rings is 3. The van der Waals surface area contributed by atoms with Crippen molar-refractivity contribution in [1.82, 2.24) is 0 Å². The van der Waals surface area contributed by atoms with Gasteiger partial charge in [0.1, 0.15) is 8.07 Å². The van der Waals surface area contributed by atoms with Gasteiger partial charge in [0.05, 0.1) is 0 Å². The molecule has 182 valence electrons. The van der Waals surface area contributed by atoms with Gasteiger partial charge in [-0.3, -0.25) is 0 Å². The van der Waals surface area contributed by atoms with E-state index in [4.69, 9.17) is 34.8 Å².